The summed E-state index contributed by atoms with van der Waals surface area (Å²) >= 11 is 0. The van der Waals surface area contributed by atoms with Gasteiger partial charge in [-0.2, -0.15) is 5.10 Å². The van der Waals surface area contributed by atoms with Crippen LogP contribution in [0.25, 0.3) is 22.4 Å². The van der Waals surface area contributed by atoms with Gasteiger partial charge in [0, 0.05) is 31.9 Å². The summed E-state index contributed by atoms with van der Waals surface area (Å²) in [6.07, 6.45) is 9.08. The van der Waals surface area contributed by atoms with Crippen molar-refractivity contribution in [2.45, 2.75) is 18.9 Å². The molecular weight excluding hydrogens is 398 g/mol. The molecule has 1 aliphatic heterocycles. The van der Waals surface area contributed by atoms with E-state index >= 15 is 0 Å². The van der Waals surface area contributed by atoms with Crippen molar-refractivity contribution in [3.05, 3.63) is 30.4 Å². The lowest BCUT2D eigenvalue weighted by Gasteiger charge is -2.30. The van der Waals surface area contributed by atoms with E-state index in [0.29, 0.717) is 37.4 Å². The molecular formula is C21H26N7O3+. The molecule has 1 atom stereocenters. The topological polar surface area (TPSA) is 109 Å². The second-order valence-corrected chi connectivity index (χ2v) is 8.27. The molecule has 0 spiro atoms. The van der Waals surface area contributed by atoms with Crippen LogP contribution in [0, 0.1) is 5.92 Å². The number of rotatable bonds is 5. The first-order chi connectivity index (χ1) is 15.0. The fraction of sp³-hybridized carbons (Fsp3) is 0.476. The zero-order chi connectivity index (χ0) is 21.5. The van der Waals surface area contributed by atoms with E-state index in [1.165, 1.54) is 0 Å². The highest BCUT2D eigenvalue weighted by molar-refractivity contribution is 6.05. The van der Waals surface area contributed by atoms with Crippen LogP contribution in [0.5, 0.6) is 0 Å². The number of aromatic nitrogens is 5. The zero-order valence-electron chi connectivity index (χ0n) is 17.7. The minimum absolute atomic E-state index is 0.0199. The van der Waals surface area contributed by atoms with Gasteiger partial charge < -0.3 is 15.0 Å². The molecule has 0 aromatic carbocycles. The number of aryl methyl sites for hydroxylation is 2. The average molecular weight is 424 g/mol. The third-order valence-corrected chi connectivity index (χ3v) is 5.95. The van der Waals surface area contributed by atoms with Crippen molar-refractivity contribution in [3.8, 4) is 11.3 Å². The normalized spacial score (nSPS) is 17.7. The van der Waals surface area contributed by atoms with Crippen molar-refractivity contribution in [2.75, 3.05) is 26.3 Å². The number of morpholine rings is 1. The number of nitrogens with one attached hydrogen (secondary N) is 2. The van der Waals surface area contributed by atoms with Crippen LogP contribution in [0.1, 0.15) is 23.2 Å². The van der Waals surface area contributed by atoms with Crippen LogP contribution in [-0.2, 0) is 23.6 Å². The third-order valence-electron chi connectivity index (χ3n) is 5.95. The van der Waals surface area contributed by atoms with Gasteiger partial charge in [-0.25, -0.2) is 14.5 Å². The standard InChI is InChI=1S/C21H25N7O3/c1-26-12-16(14-9-23-27(2)11-14)24-18-15(10-22-19(18)26)20(29)25-17(13-3-4-13)21(30)28-5-7-31-8-6-28/h9-13,17H,3-8H2,1-2H3,(H,25,29)/p+1. The molecule has 2 amide bonds. The highest BCUT2D eigenvalue weighted by Crippen LogP contribution is 2.34. The van der Waals surface area contributed by atoms with Gasteiger partial charge in [-0.15, -0.1) is 0 Å². The van der Waals surface area contributed by atoms with Crippen LogP contribution in [-0.4, -0.2) is 68.8 Å². The van der Waals surface area contributed by atoms with E-state index in [9.17, 15) is 9.59 Å². The molecule has 5 rings (SSSR count). The Bertz CT molecular complexity index is 1140. The molecule has 162 valence electrons. The molecule has 2 aliphatic rings. The molecule has 4 heterocycles. The number of nitrogens with zero attached hydrogens (tertiary/aromatic N) is 5. The van der Waals surface area contributed by atoms with Gasteiger partial charge in [0.2, 0.25) is 5.91 Å². The first kappa shape index (κ1) is 19.7. The predicted octanol–water partition coefficient (Wildman–Crippen LogP) is 0.155. The van der Waals surface area contributed by atoms with Crippen LogP contribution >= 0.6 is 0 Å². The number of carbonyl (C=O) groups excluding carboxylic acids is 2. The fourth-order valence-corrected chi connectivity index (χ4v) is 4.06. The van der Waals surface area contributed by atoms with Gasteiger partial charge in [-0.1, -0.05) is 0 Å². The Morgan fingerprint density at radius 1 is 1.32 bits per heavy atom. The molecule has 1 saturated heterocycles. The van der Waals surface area contributed by atoms with Crippen LogP contribution < -0.4 is 9.88 Å². The maximum Gasteiger partial charge on any atom is 0.306 e. The number of hydrogen-bond acceptors (Lipinski definition) is 5. The van der Waals surface area contributed by atoms with Crippen molar-refractivity contribution >= 4 is 23.0 Å². The molecule has 2 N–H and O–H groups in total. The number of fused-ring (bicyclic) bond motifs is 1. The lowest BCUT2D eigenvalue weighted by atomic mass is 10.1. The second-order valence-electron chi connectivity index (χ2n) is 8.27. The largest absolute Gasteiger partial charge is 0.378 e. The number of amides is 2. The molecule has 2 fully saturated rings. The summed E-state index contributed by atoms with van der Waals surface area (Å²) < 4.78 is 8.97. The Morgan fingerprint density at radius 2 is 2.10 bits per heavy atom. The predicted molar refractivity (Wildman–Crippen MR) is 111 cm³/mol. The van der Waals surface area contributed by atoms with Gasteiger partial charge in [0.15, 0.2) is 5.52 Å². The lowest BCUT2D eigenvalue weighted by molar-refractivity contribution is -0.646. The Labute approximate surface area is 179 Å². The van der Waals surface area contributed by atoms with Gasteiger partial charge in [0.1, 0.15) is 29.7 Å². The lowest BCUT2D eigenvalue weighted by Crippen LogP contribution is -2.52. The number of hydrogen-bond donors (Lipinski definition) is 2. The number of ether oxygens (including phenoxy) is 1. The van der Waals surface area contributed by atoms with E-state index in [4.69, 9.17) is 9.72 Å². The maximum atomic E-state index is 13.2. The maximum absolute atomic E-state index is 13.2. The molecule has 0 radical (unpaired) electrons. The smallest absolute Gasteiger partial charge is 0.306 e. The zero-order valence-corrected chi connectivity index (χ0v) is 17.7. The minimum Gasteiger partial charge on any atom is -0.378 e. The average Bonchev–Trinajstić information content (AvgIpc) is 3.37. The summed E-state index contributed by atoms with van der Waals surface area (Å²) in [5, 5.41) is 7.20. The van der Waals surface area contributed by atoms with E-state index in [1.807, 2.05) is 31.1 Å². The van der Waals surface area contributed by atoms with Crippen LogP contribution in [0.15, 0.2) is 24.8 Å². The second kappa shape index (κ2) is 7.77. The Hall–Kier alpha value is -3.27. The number of aromatic amines is 1. The van der Waals surface area contributed by atoms with Gasteiger partial charge in [-0.3, -0.25) is 14.3 Å². The highest BCUT2D eigenvalue weighted by Gasteiger charge is 2.40. The van der Waals surface area contributed by atoms with Gasteiger partial charge in [0.05, 0.1) is 26.5 Å². The summed E-state index contributed by atoms with van der Waals surface area (Å²) in [5.41, 5.74) is 3.32. The monoisotopic (exact) mass is 424 g/mol. The van der Waals surface area contributed by atoms with E-state index < -0.39 is 6.04 Å². The van der Waals surface area contributed by atoms with E-state index in [-0.39, 0.29) is 17.7 Å². The van der Waals surface area contributed by atoms with Gasteiger partial charge >= 0.3 is 5.65 Å². The molecule has 3 aromatic heterocycles. The summed E-state index contributed by atoms with van der Waals surface area (Å²) in [6.45, 7) is 2.21. The molecule has 1 aliphatic carbocycles. The summed E-state index contributed by atoms with van der Waals surface area (Å²) in [5.74, 6) is -0.117. The third kappa shape index (κ3) is 3.78. The summed E-state index contributed by atoms with van der Waals surface area (Å²) in [6, 6.07) is -0.509. The minimum atomic E-state index is -0.509. The summed E-state index contributed by atoms with van der Waals surface area (Å²) in [7, 11) is 3.75. The van der Waals surface area contributed by atoms with Crippen LogP contribution in [0.3, 0.4) is 0 Å². The van der Waals surface area contributed by atoms with Crippen molar-refractivity contribution in [3.63, 3.8) is 0 Å². The fourth-order valence-electron chi connectivity index (χ4n) is 4.06. The molecule has 31 heavy (non-hydrogen) atoms. The molecule has 3 aromatic rings. The highest BCUT2D eigenvalue weighted by atomic mass is 16.5. The molecule has 0 bridgehead atoms. The Balaban J connectivity index is 1.43. The van der Waals surface area contributed by atoms with Crippen LogP contribution in [0.4, 0.5) is 0 Å². The number of carbonyl (C=O) groups is 2. The Morgan fingerprint density at radius 3 is 2.77 bits per heavy atom. The quantitative estimate of drug-likeness (QED) is 0.567. The number of H-pyrrole nitrogens is 1. The van der Waals surface area contributed by atoms with Crippen molar-refractivity contribution < 1.29 is 18.9 Å². The molecule has 1 unspecified atom stereocenters. The van der Waals surface area contributed by atoms with Crippen molar-refractivity contribution in [1.29, 1.82) is 0 Å². The van der Waals surface area contributed by atoms with E-state index in [0.717, 1.165) is 29.7 Å². The van der Waals surface area contributed by atoms with Gasteiger partial charge in [-0.05, 0) is 18.8 Å². The van der Waals surface area contributed by atoms with Gasteiger partial charge in [0.25, 0.3) is 5.91 Å². The van der Waals surface area contributed by atoms with Crippen LogP contribution in [0.2, 0.25) is 0 Å². The first-order valence-electron chi connectivity index (χ1n) is 10.6. The van der Waals surface area contributed by atoms with E-state index in [2.05, 4.69) is 15.4 Å². The SMILES string of the molecule is Cn1cc(-c2c[n+](C)c3[nH]cc(C(=O)NC(C(=O)N4CCOCC4)C4CC4)c3n2)cn1. The van der Waals surface area contributed by atoms with Crippen molar-refractivity contribution in [1.82, 2.24) is 30.0 Å². The first-order valence-corrected chi connectivity index (χ1v) is 10.6. The molecule has 10 heteroatoms. The summed E-state index contributed by atoms with van der Waals surface area (Å²) in [4.78, 5) is 35.9. The van der Waals surface area contributed by atoms with Crippen molar-refractivity contribution in [2.24, 2.45) is 20.0 Å². The molecule has 10 nitrogen and oxygen atoms in total. The molecule has 1 saturated carbocycles. The van der Waals surface area contributed by atoms with E-state index in [1.54, 1.807) is 22.0 Å². The Kier molecular flexibility index (Phi) is 4.93.